The van der Waals surface area contributed by atoms with Gasteiger partial charge in [-0.25, -0.2) is 4.98 Å². The molecule has 0 unspecified atom stereocenters. The normalized spacial score (nSPS) is 18.6. The maximum Gasteiger partial charge on any atom is 0.470 e. The predicted molar refractivity (Wildman–Crippen MR) is 81.6 cm³/mol. The standard InChI is InChI=1S/C14H20F3N3O2Si/c1-10-6-11(7-12(19-10)22-2)8-20(13(21)14(15,16)17)23-5-3-4-18-9-23/h6-7,18,23H,3-5,8-9H2,1-2H3/t23-/m0/s1. The largest absolute Gasteiger partial charge is 0.481 e. The topological polar surface area (TPSA) is 54.5 Å². The molecule has 2 heterocycles. The fourth-order valence-electron chi connectivity index (χ4n) is 2.73. The number of nitrogens with one attached hydrogen (secondary N) is 1. The molecule has 1 fully saturated rings. The summed E-state index contributed by atoms with van der Waals surface area (Å²) in [4.78, 5) is 16.0. The third kappa shape index (κ3) is 4.68. The van der Waals surface area contributed by atoms with E-state index in [1.54, 1.807) is 19.1 Å². The van der Waals surface area contributed by atoms with Crippen LogP contribution >= 0.6 is 0 Å². The van der Waals surface area contributed by atoms with Gasteiger partial charge in [0.1, 0.15) is 0 Å². The van der Waals surface area contributed by atoms with E-state index in [2.05, 4.69) is 10.3 Å². The molecule has 1 aliphatic rings. The monoisotopic (exact) mass is 347 g/mol. The summed E-state index contributed by atoms with van der Waals surface area (Å²) in [5.74, 6) is -1.41. The number of hydrogen-bond acceptors (Lipinski definition) is 4. The van der Waals surface area contributed by atoms with Crippen molar-refractivity contribution in [2.24, 2.45) is 0 Å². The maximum absolute atomic E-state index is 13.0. The molecule has 9 heteroatoms. The molecule has 5 nitrogen and oxygen atoms in total. The van der Waals surface area contributed by atoms with Gasteiger partial charge in [-0.3, -0.25) is 4.79 Å². The maximum atomic E-state index is 13.0. The second kappa shape index (κ2) is 7.31. The summed E-state index contributed by atoms with van der Waals surface area (Å²) in [5.41, 5.74) is 1.24. The van der Waals surface area contributed by atoms with Gasteiger partial charge in [0.25, 0.3) is 0 Å². The van der Waals surface area contributed by atoms with Gasteiger partial charge in [-0.15, -0.1) is 0 Å². The molecule has 0 saturated carbocycles. The Morgan fingerprint density at radius 2 is 2.22 bits per heavy atom. The SMILES string of the molecule is COc1cc(CN(C(=O)C(F)(F)F)[Si@H]2CCCNC2)cc(C)n1. The fourth-order valence-corrected chi connectivity index (χ4v) is 5.62. The van der Waals surface area contributed by atoms with Gasteiger partial charge in [-0.05, 0) is 37.6 Å². The van der Waals surface area contributed by atoms with Crippen molar-refractivity contribution >= 4 is 14.9 Å². The van der Waals surface area contributed by atoms with Crippen LogP contribution in [-0.4, -0.2) is 50.4 Å². The number of alkyl halides is 3. The lowest BCUT2D eigenvalue weighted by Gasteiger charge is -2.34. The number of aryl methyl sites for hydroxylation is 1. The Hall–Kier alpha value is -1.61. The van der Waals surface area contributed by atoms with Crippen LogP contribution in [0.2, 0.25) is 6.04 Å². The zero-order valence-electron chi connectivity index (χ0n) is 13.1. The van der Waals surface area contributed by atoms with E-state index in [1.165, 1.54) is 7.11 Å². The number of rotatable bonds is 4. The lowest BCUT2D eigenvalue weighted by Crippen LogP contribution is -2.55. The number of carbonyl (C=O) groups is 1. The number of methoxy groups -OCH3 is 1. The highest BCUT2D eigenvalue weighted by Gasteiger charge is 2.44. The van der Waals surface area contributed by atoms with Crippen molar-refractivity contribution < 1.29 is 22.7 Å². The van der Waals surface area contributed by atoms with Crippen molar-refractivity contribution in [3.05, 3.63) is 23.4 Å². The summed E-state index contributed by atoms with van der Waals surface area (Å²) in [7, 11) is -0.569. The van der Waals surface area contributed by atoms with Crippen molar-refractivity contribution in [2.45, 2.75) is 32.1 Å². The number of carbonyl (C=O) groups excluding carboxylic acids is 1. The van der Waals surface area contributed by atoms with Gasteiger partial charge in [0.2, 0.25) is 5.88 Å². The molecule has 1 aliphatic heterocycles. The highest BCUT2D eigenvalue weighted by molar-refractivity contribution is 6.59. The predicted octanol–water partition coefficient (Wildman–Crippen LogP) is 1.55. The minimum Gasteiger partial charge on any atom is -0.481 e. The molecule has 0 radical (unpaired) electrons. The van der Waals surface area contributed by atoms with Crippen molar-refractivity contribution in [3.8, 4) is 5.88 Å². The van der Waals surface area contributed by atoms with Gasteiger partial charge in [-0.2, -0.15) is 13.2 Å². The van der Waals surface area contributed by atoms with E-state index in [9.17, 15) is 18.0 Å². The zero-order valence-corrected chi connectivity index (χ0v) is 14.3. The van der Waals surface area contributed by atoms with E-state index in [1.807, 2.05) is 0 Å². The van der Waals surface area contributed by atoms with Gasteiger partial charge in [0, 0.05) is 24.5 Å². The summed E-state index contributed by atoms with van der Waals surface area (Å²) < 4.78 is 45.0. The molecule has 1 saturated heterocycles. The molecule has 0 spiro atoms. The van der Waals surface area contributed by atoms with E-state index in [0.29, 0.717) is 29.3 Å². The Balaban J connectivity index is 2.26. The molecule has 1 amide bonds. The van der Waals surface area contributed by atoms with Crippen LogP contribution < -0.4 is 10.1 Å². The van der Waals surface area contributed by atoms with Crippen LogP contribution in [0.3, 0.4) is 0 Å². The Morgan fingerprint density at radius 1 is 1.48 bits per heavy atom. The molecule has 0 aromatic carbocycles. The Bertz CT molecular complexity index is 563. The molecule has 128 valence electrons. The van der Waals surface area contributed by atoms with E-state index in [4.69, 9.17) is 4.74 Å². The Kier molecular flexibility index (Phi) is 5.63. The number of aromatic nitrogens is 1. The second-order valence-electron chi connectivity index (χ2n) is 5.59. The molecule has 23 heavy (non-hydrogen) atoms. The number of ether oxygens (including phenoxy) is 1. The Morgan fingerprint density at radius 3 is 2.78 bits per heavy atom. The minimum atomic E-state index is -4.85. The molecular formula is C14H20F3N3O2Si. The summed E-state index contributed by atoms with van der Waals surface area (Å²) in [5, 5.41) is 3.10. The van der Waals surface area contributed by atoms with Gasteiger partial charge in [0.05, 0.1) is 7.11 Å². The molecule has 1 aromatic heterocycles. The van der Waals surface area contributed by atoms with Crippen LogP contribution in [0.1, 0.15) is 17.7 Å². The molecule has 2 rings (SSSR count). The second-order valence-corrected chi connectivity index (χ2v) is 8.51. The minimum absolute atomic E-state index is 0.0589. The number of pyridine rings is 1. The first kappa shape index (κ1) is 17.7. The summed E-state index contributed by atoms with van der Waals surface area (Å²) in [6.07, 6.45) is -3.54. The smallest absolute Gasteiger partial charge is 0.470 e. The number of nitrogens with zero attached hydrogens (tertiary/aromatic N) is 2. The van der Waals surface area contributed by atoms with E-state index in [-0.39, 0.29) is 6.54 Å². The van der Waals surface area contributed by atoms with Crippen LogP contribution in [0.25, 0.3) is 0 Å². The van der Waals surface area contributed by atoms with Crippen molar-refractivity contribution in [2.75, 3.05) is 19.8 Å². The third-order valence-corrected chi connectivity index (χ3v) is 6.90. The van der Waals surface area contributed by atoms with Gasteiger partial charge < -0.3 is 14.6 Å². The van der Waals surface area contributed by atoms with Crippen LogP contribution in [-0.2, 0) is 11.3 Å². The summed E-state index contributed by atoms with van der Waals surface area (Å²) in [6, 6.07) is 3.95. The van der Waals surface area contributed by atoms with E-state index >= 15 is 0 Å². The molecule has 1 aromatic rings. The lowest BCUT2D eigenvalue weighted by atomic mass is 10.2. The Labute approximate surface area is 134 Å². The average Bonchev–Trinajstić information content (AvgIpc) is 2.51. The van der Waals surface area contributed by atoms with Crippen molar-refractivity contribution in [3.63, 3.8) is 0 Å². The molecule has 1 N–H and O–H groups in total. The quantitative estimate of drug-likeness (QED) is 0.840. The number of amides is 1. The van der Waals surface area contributed by atoms with E-state index in [0.717, 1.165) is 17.5 Å². The zero-order chi connectivity index (χ0) is 17.0. The fraction of sp³-hybridized carbons (Fsp3) is 0.571. The van der Waals surface area contributed by atoms with Crippen LogP contribution in [0.4, 0.5) is 13.2 Å². The van der Waals surface area contributed by atoms with Crippen molar-refractivity contribution in [1.82, 2.24) is 14.9 Å². The summed E-state index contributed by atoms with van der Waals surface area (Å²) >= 11 is 0. The highest BCUT2D eigenvalue weighted by Crippen LogP contribution is 2.24. The third-order valence-electron chi connectivity index (χ3n) is 3.77. The first-order valence-corrected chi connectivity index (χ1v) is 9.56. The first-order valence-electron chi connectivity index (χ1n) is 7.41. The lowest BCUT2D eigenvalue weighted by molar-refractivity contribution is -0.181. The van der Waals surface area contributed by atoms with Crippen molar-refractivity contribution in [1.29, 1.82) is 0 Å². The molecule has 1 atom stereocenters. The van der Waals surface area contributed by atoms with Gasteiger partial charge in [0.15, 0.2) is 8.96 Å². The number of halogens is 3. The molecule has 0 bridgehead atoms. The summed E-state index contributed by atoms with van der Waals surface area (Å²) in [6.45, 7) is 2.47. The van der Waals surface area contributed by atoms with Gasteiger partial charge in [-0.1, -0.05) is 0 Å². The number of hydrogen-bond donors (Lipinski definition) is 1. The molecular weight excluding hydrogens is 327 g/mol. The van der Waals surface area contributed by atoms with Crippen LogP contribution in [0, 0.1) is 6.92 Å². The van der Waals surface area contributed by atoms with Gasteiger partial charge >= 0.3 is 12.1 Å². The van der Waals surface area contributed by atoms with Crippen LogP contribution in [0.15, 0.2) is 12.1 Å². The van der Waals surface area contributed by atoms with E-state index < -0.39 is 21.0 Å². The highest BCUT2D eigenvalue weighted by atomic mass is 28.3. The first-order chi connectivity index (χ1) is 10.8. The average molecular weight is 347 g/mol. The molecule has 0 aliphatic carbocycles. The van der Waals surface area contributed by atoms with Crippen LogP contribution in [0.5, 0.6) is 5.88 Å².